The number of phenols is 1. The summed E-state index contributed by atoms with van der Waals surface area (Å²) in [7, 11) is 0. The summed E-state index contributed by atoms with van der Waals surface area (Å²) in [5, 5.41) is 28.8. The molecule has 2 heterocycles. The molecular weight excluding hydrogens is 463 g/mol. The first-order valence-corrected chi connectivity index (χ1v) is 12.0. The number of phenolic OH excluding ortho intramolecular Hbond substituents is 1. The van der Waals surface area contributed by atoms with Gasteiger partial charge < -0.3 is 26.2 Å². The molecule has 0 spiro atoms. The fraction of sp³-hybridized carbons (Fsp3) is 0.296. The van der Waals surface area contributed by atoms with E-state index in [9.17, 15) is 24.2 Å². The predicted octanol–water partition coefficient (Wildman–Crippen LogP) is 4.49. The van der Waals surface area contributed by atoms with E-state index in [1.165, 1.54) is 18.3 Å². The average Bonchev–Trinajstić information content (AvgIpc) is 2.99. The number of benzene rings is 2. The molecule has 8 nitrogen and oxygen atoms in total. The Hall–Kier alpha value is -3.98. The molecule has 9 heteroatoms. The van der Waals surface area contributed by atoms with Crippen molar-refractivity contribution in [2.75, 3.05) is 10.6 Å². The fourth-order valence-electron chi connectivity index (χ4n) is 4.73. The van der Waals surface area contributed by atoms with Crippen LogP contribution >= 0.6 is 0 Å². The number of aromatic nitrogens is 1. The van der Waals surface area contributed by atoms with Crippen LogP contribution in [0.1, 0.15) is 57.5 Å². The molecule has 2 aromatic carbocycles. The van der Waals surface area contributed by atoms with Gasteiger partial charge in [0.05, 0.1) is 23.0 Å². The largest absolute Gasteiger partial charge is 0.508 e. The lowest BCUT2D eigenvalue weighted by Gasteiger charge is -2.26. The molecular formula is C27H27FN4O4. The number of amides is 1. The van der Waals surface area contributed by atoms with Crippen LogP contribution in [0, 0.1) is 12.7 Å². The highest BCUT2D eigenvalue weighted by Gasteiger charge is 2.26. The van der Waals surface area contributed by atoms with E-state index in [4.69, 9.17) is 0 Å². The lowest BCUT2D eigenvalue weighted by molar-refractivity contribution is 0.0867. The molecule has 1 amide bonds. The van der Waals surface area contributed by atoms with Gasteiger partial charge in [-0.1, -0.05) is 0 Å². The Labute approximate surface area is 207 Å². The minimum absolute atomic E-state index is 0.0168. The number of fused-ring (bicyclic) bond motifs is 2. The van der Waals surface area contributed by atoms with Crippen molar-refractivity contribution in [1.29, 1.82) is 0 Å². The van der Waals surface area contributed by atoms with Gasteiger partial charge in [-0.3, -0.25) is 9.59 Å². The number of hydrogen-bond acceptors (Lipinski definition) is 7. The second-order valence-corrected chi connectivity index (χ2v) is 9.40. The number of nitrogens with zero attached hydrogens (tertiary/aromatic N) is 1. The van der Waals surface area contributed by atoms with Crippen molar-refractivity contribution >= 4 is 34.6 Å². The summed E-state index contributed by atoms with van der Waals surface area (Å²) in [5.41, 5.74) is 2.81. The number of carbonyl (C=O) groups is 2. The lowest BCUT2D eigenvalue weighted by Crippen LogP contribution is -2.38. The summed E-state index contributed by atoms with van der Waals surface area (Å²) in [4.78, 5) is 30.5. The van der Waals surface area contributed by atoms with Crippen LogP contribution in [0.3, 0.4) is 0 Å². The van der Waals surface area contributed by atoms with Gasteiger partial charge in [0.2, 0.25) is 0 Å². The smallest absolute Gasteiger partial charge is 0.251 e. The maximum atomic E-state index is 14.5. The maximum Gasteiger partial charge on any atom is 0.251 e. The quantitative estimate of drug-likeness (QED) is 0.365. The third kappa shape index (κ3) is 4.74. The molecule has 186 valence electrons. The monoisotopic (exact) mass is 490 g/mol. The molecule has 5 rings (SSSR count). The number of Topliss-reactive ketones (excluding diaryl/α,β-unsaturated/α-hetero) is 1. The summed E-state index contributed by atoms with van der Waals surface area (Å²) < 4.78 is 14.5. The zero-order chi connectivity index (χ0) is 25.4. The van der Waals surface area contributed by atoms with Crippen molar-refractivity contribution in [2.24, 2.45) is 0 Å². The third-order valence-corrected chi connectivity index (χ3v) is 6.79. The van der Waals surface area contributed by atoms with Crippen molar-refractivity contribution in [3.8, 4) is 5.75 Å². The second kappa shape index (κ2) is 9.58. The van der Waals surface area contributed by atoms with Crippen LogP contribution < -0.4 is 16.0 Å². The number of nitrogens with one attached hydrogen (secondary N) is 3. The first-order chi connectivity index (χ1) is 17.3. The number of hydrogen-bond donors (Lipinski definition) is 5. The van der Waals surface area contributed by atoms with Gasteiger partial charge in [-0.25, -0.2) is 9.37 Å². The first kappa shape index (κ1) is 23.7. The van der Waals surface area contributed by atoms with E-state index in [1.807, 2.05) is 0 Å². The molecule has 2 aliphatic rings. The van der Waals surface area contributed by atoms with E-state index < -0.39 is 5.82 Å². The molecule has 0 unspecified atom stereocenters. The molecule has 0 radical (unpaired) electrons. The van der Waals surface area contributed by atoms with Gasteiger partial charge in [0, 0.05) is 36.0 Å². The first-order valence-electron chi connectivity index (χ1n) is 12.0. The molecule has 1 fully saturated rings. The van der Waals surface area contributed by atoms with Gasteiger partial charge in [-0.2, -0.15) is 0 Å². The molecule has 0 atom stereocenters. The van der Waals surface area contributed by atoms with Crippen LogP contribution in [0.2, 0.25) is 0 Å². The SMILES string of the molecule is Cc1cc(F)c(Nc2ccnc3c2C(=O)Cc2cc(C(=O)NC4CCC(O)CC4)ccc2N3)cc1O. The van der Waals surface area contributed by atoms with Crippen LogP contribution in [0.15, 0.2) is 42.6 Å². The van der Waals surface area contributed by atoms with Crippen LogP contribution in [0.25, 0.3) is 0 Å². The topological polar surface area (TPSA) is 124 Å². The number of aliphatic hydroxyl groups excluding tert-OH is 1. The summed E-state index contributed by atoms with van der Waals surface area (Å²) in [5.74, 6) is -0.771. The summed E-state index contributed by atoms with van der Waals surface area (Å²) in [6, 6.07) is 9.23. The number of rotatable bonds is 4. The standard InChI is InChI=1S/C27H27FN4O4/c1-14-10-19(28)22(13-23(14)34)31-21-8-9-29-26-25(21)24(35)12-16-11-15(2-7-20(16)32-26)27(36)30-17-3-5-18(33)6-4-17/h2,7-11,13,17-18,33-34H,3-6,12H2,1H3,(H,30,36)(H2,29,31,32). The predicted molar refractivity (Wildman–Crippen MR) is 134 cm³/mol. The Morgan fingerprint density at radius 2 is 1.89 bits per heavy atom. The second-order valence-electron chi connectivity index (χ2n) is 9.40. The molecule has 36 heavy (non-hydrogen) atoms. The van der Waals surface area contributed by atoms with Gasteiger partial charge in [-0.15, -0.1) is 0 Å². The number of anilines is 4. The van der Waals surface area contributed by atoms with E-state index >= 15 is 0 Å². The van der Waals surface area contributed by atoms with Gasteiger partial charge in [0.1, 0.15) is 17.4 Å². The Bertz CT molecular complexity index is 1350. The minimum Gasteiger partial charge on any atom is -0.508 e. The zero-order valence-corrected chi connectivity index (χ0v) is 19.8. The highest BCUT2D eigenvalue weighted by molar-refractivity contribution is 6.09. The fourth-order valence-corrected chi connectivity index (χ4v) is 4.73. The lowest BCUT2D eigenvalue weighted by atomic mass is 9.93. The van der Waals surface area contributed by atoms with Crippen molar-refractivity contribution in [2.45, 2.75) is 51.2 Å². The number of pyridine rings is 1. The number of carbonyl (C=O) groups excluding carboxylic acids is 2. The Kier molecular flexibility index (Phi) is 6.32. The van der Waals surface area contributed by atoms with Crippen LogP contribution in [0.5, 0.6) is 5.75 Å². The Morgan fingerprint density at radius 3 is 2.67 bits per heavy atom. The normalized spacial score (nSPS) is 18.9. The molecule has 1 saturated carbocycles. The number of aryl methyl sites for hydroxylation is 1. The molecule has 1 aliphatic carbocycles. The summed E-state index contributed by atoms with van der Waals surface area (Å²) >= 11 is 0. The Morgan fingerprint density at radius 1 is 1.11 bits per heavy atom. The molecule has 0 saturated heterocycles. The average molecular weight is 491 g/mol. The maximum absolute atomic E-state index is 14.5. The Balaban J connectivity index is 1.39. The summed E-state index contributed by atoms with van der Waals surface area (Å²) in [6.45, 7) is 1.60. The van der Waals surface area contributed by atoms with Crippen molar-refractivity contribution < 1.29 is 24.2 Å². The van der Waals surface area contributed by atoms with E-state index in [0.29, 0.717) is 46.7 Å². The van der Waals surface area contributed by atoms with Crippen molar-refractivity contribution in [3.63, 3.8) is 0 Å². The number of ketones is 1. The van der Waals surface area contributed by atoms with Gasteiger partial charge >= 0.3 is 0 Å². The highest BCUT2D eigenvalue weighted by Crippen LogP contribution is 2.35. The van der Waals surface area contributed by atoms with Crippen molar-refractivity contribution in [1.82, 2.24) is 10.3 Å². The third-order valence-electron chi connectivity index (χ3n) is 6.79. The number of aliphatic hydroxyl groups is 1. The van der Waals surface area contributed by atoms with Gasteiger partial charge in [0.15, 0.2) is 5.78 Å². The van der Waals surface area contributed by atoms with Crippen LogP contribution in [-0.2, 0) is 6.42 Å². The molecule has 5 N–H and O–H groups in total. The van der Waals surface area contributed by atoms with Crippen LogP contribution in [-0.4, -0.2) is 39.0 Å². The molecule has 0 bridgehead atoms. The van der Waals surface area contributed by atoms with E-state index in [-0.39, 0.29) is 47.3 Å². The van der Waals surface area contributed by atoms with Crippen LogP contribution in [0.4, 0.5) is 27.3 Å². The molecule has 1 aliphatic heterocycles. The molecule has 3 aromatic rings. The number of aromatic hydroxyl groups is 1. The minimum atomic E-state index is -0.559. The van der Waals surface area contributed by atoms with E-state index in [1.54, 1.807) is 31.2 Å². The van der Waals surface area contributed by atoms with E-state index in [0.717, 1.165) is 12.8 Å². The number of halogens is 1. The molecule has 1 aromatic heterocycles. The highest BCUT2D eigenvalue weighted by atomic mass is 19.1. The van der Waals surface area contributed by atoms with Gasteiger partial charge in [0.25, 0.3) is 5.91 Å². The van der Waals surface area contributed by atoms with E-state index in [2.05, 4.69) is 20.9 Å². The zero-order valence-electron chi connectivity index (χ0n) is 19.8. The summed E-state index contributed by atoms with van der Waals surface area (Å²) in [6.07, 6.45) is 4.02. The van der Waals surface area contributed by atoms with Crippen molar-refractivity contribution in [3.05, 3.63) is 70.7 Å². The van der Waals surface area contributed by atoms with Gasteiger partial charge in [-0.05, 0) is 74.1 Å².